The van der Waals surface area contributed by atoms with Gasteiger partial charge in [-0.25, -0.2) is 4.79 Å². The Balaban J connectivity index is 1.65. The molecule has 9 heteroatoms. The predicted molar refractivity (Wildman–Crippen MR) is 137 cm³/mol. The lowest BCUT2D eigenvalue weighted by molar-refractivity contribution is 0.0661. The number of aromatic nitrogens is 2. The average molecular weight is 501 g/mol. The Bertz CT molecular complexity index is 1700. The minimum absolute atomic E-state index is 0.0507. The van der Waals surface area contributed by atoms with Crippen molar-refractivity contribution in [3.8, 4) is 16.9 Å². The lowest BCUT2D eigenvalue weighted by Crippen LogP contribution is -1.99. The summed E-state index contributed by atoms with van der Waals surface area (Å²) in [7, 11) is 0. The maximum Gasteiger partial charge on any atom is 0.372 e. The number of carboxylic acid groups (broad SMARTS) is 1. The topological polar surface area (TPSA) is 160 Å². The standard InChI is InChI=1S/C28H24N2O7/c1-14(12-31)9-10-15-5-4-7-16-18(11-29-23(15)16)24(33)27-25(34)22(26(37-27)28(35)36)21-17-6-2-3-8-19(17)30-20(21)13-32/h2-9,11,29-32,34H,10,12-13H2,1H3,(H,35,36)/b14-9-. The van der Waals surface area contributed by atoms with Crippen molar-refractivity contribution >= 4 is 33.6 Å². The fourth-order valence-electron chi connectivity index (χ4n) is 4.61. The van der Waals surface area contributed by atoms with Crippen molar-refractivity contribution in [1.29, 1.82) is 0 Å². The summed E-state index contributed by atoms with van der Waals surface area (Å²) in [6.07, 6.45) is 3.91. The molecule has 0 bridgehead atoms. The molecule has 2 aromatic carbocycles. The number of para-hydroxylation sites is 2. The highest BCUT2D eigenvalue weighted by Gasteiger charge is 2.33. The molecule has 0 aliphatic rings. The van der Waals surface area contributed by atoms with Gasteiger partial charge in [-0.1, -0.05) is 48.0 Å². The van der Waals surface area contributed by atoms with Gasteiger partial charge in [0.1, 0.15) is 0 Å². The van der Waals surface area contributed by atoms with Gasteiger partial charge in [-0.3, -0.25) is 4.79 Å². The van der Waals surface area contributed by atoms with E-state index < -0.39 is 35.6 Å². The fraction of sp³-hybridized carbons (Fsp3) is 0.143. The molecule has 0 unspecified atom stereocenters. The van der Waals surface area contributed by atoms with Gasteiger partial charge in [0.05, 0.1) is 24.3 Å². The monoisotopic (exact) mass is 500 g/mol. The zero-order valence-electron chi connectivity index (χ0n) is 19.8. The van der Waals surface area contributed by atoms with Crippen LogP contribution < -0.4 is 0 Å². The van der Waals surface area contributed by atoms with Crippen LogP contribution in [-0.4, -0.2) is 48.8 Å². The van der Waals surface area contributed by atoms with Crippen molar-refractivity contribution in [2.24, 2.45) is 0 Å². The second-order valence-corrected chi connectivity index (χ2v) is 8.76. The number of carboxylic acids is 1. The number of hydrogen-bond acceptors (Lipinski definition) is 6. The van der Waals surface area contributed by atoms with Gasteiger partial charge in [-0.2, -0.15) is 0 Å². The SMILES string of the molecule is C/C(=C/Cc1cccc2c(C(=O)c3oc(C(=O)O)c(-c4c(CO)[nH]c5ccccc45)c3O)c[nH]c12)CO. The molecule has 0 atom stereocenters. The number of ketones is 1. The average Bonchev–Trinajstić information content (AvgIpc) is 3.59. The first-order chi connectivity index (χ1) is 17.8. The van der Waals surface area contributed by atoms with Crippen LogP contribution in [0.5, 0.6) is 5.75 Å². The molecule has 9 nitrogen and oxygen atoms in total. The second kappa shape index (κ2) is 9.45. The highest BCUT2D eigenvalue weighted by Crippen LogP contribution is 2.44. The van der Waals surface area contributed by atoms with Crippen LogP contribution in [0.4, 0.5) is 0 Å². The minimum Gasteiger partial charge on any atom is -0.504 e. The number of aromatic carboxylic acids is 1. The van der Waals surface area contributed by atoms with E-state index in [1.165, 1.54) is 6.20 Å². The number of fused-ring (bicyclic) bond motifs is 2. The van der Waals surface area contributed by atoms with E-state index in [-0.39, 0.29) is 29.0 Å². The Morgan fingerprint density at radius 3 is 2.49 bits per heavy atom. The minimum atomic E-state index is -1.47. The van der Waals surface area contributed by atoms with Gasteiger partial charge in [0.15, 0.2) is 5.75 Å². The summed E-state index contributed by atoms with van der Waals surface area (Å²) in [6, 6.07) is 12.4. The van der Waals surface area contributed by atoms with Crippen molar-refractivity contribution in [3.63, 3.8) is 0 Å². The number of benzene rings is 2. The Labute approximate surface area is 210 Å². The van der Waals surface area contributed by atoms with Gasteiger partial charge >= 0.3 is 5.97 Å². The van der Waals surface area contributed by atoms with Crippen LogP contribution in [0.2, 0.25) is 0 Å². The molecule has 188 valence electrons. The Hall–Kier alpha value is -4.60. The molecule has 0 saturated carbocycles. The number of aromatic hydroxyl groups is 1. The van der Waals surface area contributed by atoms with Gasteiger partial charge in [-0.15, -0.1) is 0 Å². The van der Waals surface area contributed by atoms with Crippen LogP contribution >= 0.6 is 0 Å². The molecule has 0 fully saturated rings. The van der Waals surface area contributed by atoms with Crippen molar-refractivity contribution in [2.75, 3.05) is 6.61 Å². The van der Waals surface area contributed by atoms with E-state index in [1.54, 1.807) is 36.4 Å². The van der Waals surface area contributed by atoms with Crippen molar-refractivity contribution < 1.29 is 34.4 Å². The first-order valence-corrected chi connectivity index (χ1v) is 11.6. The van der Waals surface area contributed by atoms with Gasteiger partial charge in [0.25, 0.3) is 0 Å². The summed E-state index contributed by atoms with van der Waals surface area (Å²) in [5, 5.41) is 41.4. The molecule has 0 radical (unpaired) electrons. The maximum absolute atomic E-state index is 13.6. The summed E-state index contributed by atoms with van der Waals surface area (Å²) in [5.41, 5.74) is 3.60. The van der Waals surface area contributed by atoms with E-state index in [4.69, 9.17) is 4.42 Å². The number of H-pyrrole nitrogens is 2. The number of carbonyl (C=O) groups excluding carboxylic acids is 1. The van der Waals surface area contributed by atoms with Crippen LogP contribution in [0.1, 0.15) is 44.9 Å². The molecule has 6 N–H and O–H groups in total. The molecule has 0 aliphatic heterocycles. The molecule has 37 heavy (non-hydrogen) atoms. The van der Waals surface area contributed by atoms with E-state index >= 15 is 0 Å². The van der Waals surface area contributed by atoms with E-state index in [2.05, 4.69) is 9.97 Å². The van der Waals surface area contributed by atoms with Crippen LogP contribution in [0.3, 0.4) is 0 Å². The summed E-state index contributed by atoms with van der Waals surface area (Å²) in [4.78, 5) is 31.8. The van der Waals surface area contributed by atoms with Crippen molar-refractivity contribution in [3.05, 3.63) is 88.7 Å². The molecule has 0 spiro atoms. The van der Waals surface area contributed by atoms with Crippen molar-refractivity contribution in [1.82, 2.24) is 9.97 Å². The van der Waals surface area contributed by atoms with Gasteiger partial charge in [0.2, 0.25) is 17.3 Å². The first-order valence-electron chi connectivity index (χ1n) is 11.6. The molecule has 0 aliphatic carbocycles. The number of furan rings is 1. The molecular formula is C28H24N2O7. The Kier molecular flexibility index (Phi) is 6.16. The third kappa shape index (κ3) is 4.00. The number of aliphatic hydroxyl groups excluding tert-OH is 2. The van der Waals surface area contributed by atoms with E-state index in [9.17, 15) is 30.0 Å². The molecule has 3 aromatic heterocycles. The molecule has 0 amide bonds. The number of allylic oxidation sites excluding steroid dienone is 1. The van der Waals surface area contributed by atoms with Crippen molar-refractivity contribution in [2.45, 2.75) is 20.0 Å². The van der Waals surface area contributed by atoms with Gasteiger partial charge in [-0.05, 0) is 25.0 Å². The smallest absolute Gasteiger partial charge is 0.372 e. The highest BCUT2D eigenvalue weighted by atomic mass is 16.4. The van der Waals surface area contributed by atoms with E-state index in [1.807, 2.05) is 19.1 Å². The van der Waals surface area contributed by atoms with Crippen LogP contribution in [0.15, 0.2) is 64.7 Å². The maximum atomic E-state index is 13.6. The highest BCUT2D eigenvalue weighted by molar-refractivity contribution is 6.18. The summed E-state index contributed by atoms with van der Waals surface area (Å²) in [6.45, 7) is 1.31. The zero-order valence-corrected chi connectivity index (χ0v) is 19.8. The third-order valence-corrected chi connectivity index (χ3v) is 6.44. The second-order valence-electron chi connectivity index (χ2n) is 8.76. The van der Waals surface area contributed by atoms with Gasteiger partial charge in [0, 0.05) is 39.3 Å². The Morgan fingerprint density at radius 2 is 1.76 bits per heavy atom. The normalized spacial score (nSPS) is 12.0. The Morgan fingerprint density at radius 1 is 1.00 bits per heavy atom. The fourth-order valence-corrected chi connectivity index (χ4v) is 4.61. The summed E-state index contributed by atoms with van der Waals surface area (Å²) in [5.74, 6) is -3.89. The molecule has 3 heterocycles. The lowest BCUT2D eigenvalue weighted by atomic mass is 9.99. The number of nitrogens with one attached hydrogen (secondary N) is 2. The molecular weight excluding hydrogens is 476 g/mol. The molecule has 5 aromatic rings. The largest absolute Gasteiger partial charge is 0.504 e. The van der Waals surface area contributed by atoms with E-state index in [0.717, 1.165) is 11.1 Å². The quantitative estimate of drug-likeness (QED) is 0.135. The summed E-state index contributed by atoms with van der Waals surface area (Å²) < 4.78 is 5.49. The summed E-state index contributed by atoms with van der Waals surface area (Å²) >= 11 is 0. The number of carbonyl (C=O) groups is 2. The lowest BCUT2D eigenvalue weighted by Gasteiger charge is -2.03. The zero-order chi connectivity index (χ0) is 26.3. The number of hydrogen-bond donors (Lipinski definition) is 6. The van der Waals surface area contributed by atoms with Gasteiger partial charge < -0.3 is 34.8 Å². The van der Waals surface area contributed by atoms with Crippen LogP contribution in [0, 0.1) is 0 Å². The third-order valence-electron chi connectivity index (χ3n) is 6.44. The first kappa shape index (κ1) is 24.1. The molecule has 5 rings (SSSR count). The van der Waals surface area contributed by atoms with Crippen LogP contribution in [-0.2, 0) is 13.0 Å². The number of aliphatic hydroxyl groups is 2. The van der Waals surface area contributed by atoms with E-state index in [0.29, 0.717) is 28.2 Å². The molecule has 0 saturated heterocycles. The number of aromatic amines is 2. The number of rotatable bonds is 8. The predicted octanol–water partition coefficient (Wildman–Crippen LogP) is 4.52. The van der Waals surface area contributed by atoms with Crippen LogP contribution in [0.25, 0.3) is 32.9 Å².